The van der Waals surface area contributed by atoms with Gasteiger partial charge in [0, 0.05) is 117 Å². The molecule has 5 aromatic rings. The summed E-state index contributed by atoms with van der Waals surface area (Å²) in [6.45, 7) is 26.0. The Morgan fingerprint density at radius 1 is 0.682 bits per heavy atom. The fourth-order valence-electron chi connectivity index (χ4n) is 16.4. The third-order valence-electron chi connectivity index (χ3n) is 23.9. The summed E-state index contributed by atoms with van der Waals surface area (Å²) in [5, 5.41) is 29.0. The number of aryl methyl sites for hydroxylation is 1. The summed E-state index contributed by atoms with van der Waals surface area (Å²) in [6.07, 6.45) is 16.9. The highest BCUT2D eigenvalue weighted by Gasteiger charge is 2.53. The van der Waals surface area contributed by atoms with Crippen molar-refractivity contribution in [3.63, 3.8) is 0 Å². The van der Waals surface area contributed by atoms with Crippen molar-refractivity contribution in [1.29, 1.82) is 0 Å². The van der Waals surface area contributed by atoms with Crippen molar-refractivity contribution < 1.29 is 115 Å². The number of carbonyl (C=O) groups excluding carboxylic acids is 7. The van der Waals surface area contributed by atoms with Gasteiger partial charge in [-0.15, -0.1) is 0 Å². The van der Waals surface area contributed by atoms with Crippen LogP contribution in [0.25, 0.3) is 33.4 Å². The minimum atomic E-state index is -2.45. The third kappa shape index (κ3) is 34.9. The molecule has 2 saturated heterocycles. The molecular weight excluding hydrogens is 1660 g/mol. The van der Waals surface area contributed by atoms with Gasteiger partial charge < -0.3 is 97.3 Å². The standard InChI is InChI=1S/C56H87NO15.C25H25N7O3.C16H34O6/c1-34-18-13-12-14-19-35(2)46(67-9)32-42-24-22-40(7)56(65,72-42)53(62)54(63)57-26-16-15-20-43(57)55(64)71-47(33-44(58)36(3)29-39(6)51(61)52(69-11)50(60)38(5)28-34)37(4)30-41-23-25-45(48(31-41)68-10)70-49(59)21-17-27-66-8;1-34-11-10-18(33)8-6-15-2-4-16(5-3-15)13-32-24-21(23(26)28-14-29-24)22(31-32)17-7-9-20-19(12-17)30-25(27)35-20;1-3-5-17-7-9-19-11-13-21-15-16-22-14-12-20-10-8-18-6-4-2/h12-14,18-19,29,34,36-38,40-43,45-48,51-52,61,65H,15-17,20-28,30-33H2,1-11H3;2-5,7,9,12,14H,6,8,10-11,13H2,1H3,(H2,27,30)(H2,26,28,29);3-16H2,1-2H3/b14-12+,18-13+,35-19+,39-29+;;/t34-,36-,37-,38-,40-,41+,42+,43+,45-,46+,47+,48-,51-,52+,56-;;/m1../s1. The summed E-state index contributed by atoms with van der Waals surface area (Å²) >= 11 is 0. The number of piperidine rings is 1. The Kier molecular flexibility index (Phi) is 48.2. The number of ketones is 4. The molecule has 2 bridgehead atoms. The Balaban J connectivity index is 0.000000325. The van der Waals surface area contributed by atoms with Crippen LogP contribution in [-0.4, -0.2) is 270 Å². The molecule has 0 radical (unpaired) electrons. The number of hydrogen-bond donors (Lipinski definition) is 4. The molecule has 3 aromatic heterocycles. The quantitative estimate of drug-likeness (QED) is 0.0123. The Labute approximate surface area is 761 Å². The number of ether oxygens (including phenoxy) is 14. The molecule has 1 amide bonds. The minimum Gasteiger partial charge on any atom is -0.460 e. The summed E-state index contributed by atoms with van der Waals surface area (Å²) < 4.78 is 84.9. The summed E-state index contributed by atoms with van der Waals surface area (Å²) in [6, 6.07) is 12.6. The molecule has 1 aliphatic carbocycles. The van der Waals surface area contributed by atoms with Crippen LogP contribution in [0.1, 0.15) is 189 Å². The summed E-state index contributed by atoms with van der Waals surface area (Å²) in [7, 11) is 7.71. The molecule has 9 rings (SSSR count). The van der Waals surface area contributed by atoms with Crippen LogP contribution in [0.4, 0.5) is 11.8 Å². The lowest BCUT2D eigenvalue weighted by atomic mass is 9.78. The van der Waals surface area contributed by atoms with E-state index < -0.39 is 83.9 Å². The summed E-state index contributed by atoms with van der Waals surface area (Å²) in [5.74, 6) is -8.00. The number of methoxy groups -OCH3 is 5. The van der Waals surface area contributed by atoms with Crippen molar-refractivity contribution in [1.82, 2.24) is 29.6 Å². The number of rotatable bonds is 39. The molecule has 6 N–H and O–H groups in total. The number of anilines is 2. The number of nitrogens with zero attached hydrogens (tertiary/aromatic N) is 6. The van der Waals surface area contributed by atoms with Gasteiger partial charge in [0.2, 0.25) is 5.79 Å². The van der Waals surface area contributed by atoms with Crippen LogP contribution in [-0.2, 0) is 113 Å². The van der Waals surface area contributed by atoms with Crippen molar-refractivity contribution in [2.45, 2.75) is 245 Å². The lowest BCUT2D eigenvalue weighted by molar-refractivity contribution is -0.265. The van der Waals surface area contributed by atoms with E-state index in [1.165, 1.54) is 18.3 Å². The molecule has 2 aromatic carbocycles. The number of amides is 1. The van der Waals surface area contributed by atoms with Crippen LogP contribution >= 0.6 is 0 Å². The van der Waals surface area contributed by atoms with Crippen molar-refractivity contribution in [3.8, 4) is 11.3 Å². The van der Waals surface area contributed by atoms with E-state index in [0.717, 1.165) is 48.3 Å². The van der Waals surface area contributed by atoms with Gasteiger partial charge >= 0.3 is 11.9 Å². The van der Waals surface area contributed by atoms with E-state index in [4.69, 9.17) is 87.3 Å². The molecule has 32 heteroatoms. The largest absolute Gasteiger partial charge is 0.460 e. The number of carbonyl (C=O) groups is 7. The monoisotopic (exact) mass is 1810 g/mol. The second-order valence-electron chi connectivity index (χ2n) is 34.1. The number of hydrogen-bond acceptors (Lipinski definition) is 30. The van der Waals surface area contributed by atoms with Gasteiger partial charge in [-0.05, 0) is 162 Å². The van der Waals surface area contributed by atoms with Gasteiger partial charge in [0.15, 0.2) is 17.0 Å². The molecule has 15 atom stereocenters. The number of nitrogens with two attached hydrogens (primary N) is 2. The molecule has 718 valence electrons. The first-order chi connectivity index (χ1) is 62.1. The third-order valence-corrected chi connectivity index (χ3v) is 23.9. The predicted molar refractivity (Wildman–Crippen MR) is 488 cm³/mol. The number of nitrogen functional groups attached to an aromatic ring is 2. The first kappa shape index (κ1) is 108. The Hall–Kier alpha value is -8.45. The van der Waals surface area contributed by atoms with Gasteiger partial charge in [-0.3, -0.25) is 28.8 Å². The van der Waals surface area contributed by atoms with Crippen LogP contribution in [0, 0.1) is 35.5 Å². The van der Waals surface area contributed by atoms with Crippen molar-refractivity contribution in [2.24, 2.45) is 35.5 Å². The number of fused-ring (bicyclic) bond motifs is 5. The maximum atomic E-state index is 14.5. The molecule has 129 heavy (non-hydrogen) atoms. The fourth-order valence-corrected chi connectivity index (χ4v) is 16.4. The number of Topliss-reactive ketones (excluding diaryl/α,β-unsaturated/α-hetero) is 4. The molecule has 32 nitrogen and oxygen atoms in total. The Morgan fingerprint density at radius 2 is 1.33 bits per heavy atom. The highest BCUT2D eigenvalue weighted by atomic mass is 16.6. The highest BCUT2D eigenvalue weighted by Crippen LogP contribution is 2.40. The topological polar surface area (TPSA) is 414 Å². The highest BCUT2D eigenvalue weighted by molar-refractivity contribution is 6.39. The van der Waals surface area contributed by atoms with E-state index in [0.29, 0.717) is 215 Å². The first-order valence-electron chi connectivity index (χ1n) is 46.0. The Morgan fingerprint density at radius 3 is 1.96 bits per heavy atom. The number of oxazole rings is 1. The van der Waals surface area contributed by atoms with Crippen LogP contribution in [0.2, 0.25) is 0 Å². The maximum Gasteiger partial charge on any atom is 0.329 e. The number of esters is 2. The molecule has 3 fully saturated rings. The molecule has 4 aliphatic rings. The minimum absolute atomic E-state index is 0.00669. The van der Waals surface area contributed by atoms with E-state index in [-0.39, 0.29) is 79.0 Å². The Bertz CT molecular complexity index is 4340. The number of allylic oxidation sites excluding steroid dienone is 6. The second kappa shape index (κ2) is 57.8. The SMILES string of the molecule is CCCOCCOCCOCCOCCOCCOCCC.COCCC(=O)CCc1ccc(Cn2nc(-c3ccc4oc(N)nc4c3)c3c(N)ncnc32)cc1.COCCCC(=O)O[C@@H]1CC[C@@H](C[C@@H](C)[C@@H]2CC(=O)[C@H](C)/C=C(\C)[C@@H](O)[C@@H](OC)C(=O)[C@H](C)C[C@H](C)/C=C/C=C/C=C(\C)[C@@H](OC)C[C@@H]3CC[C@@H](C)[C@@](O)(O3)C(=O)C(=O)N3CCCC[C@H]3C(=O)O2)C[C@H]1OC. The normalized spacial score (nSPS) is 26.0. The van der Waals surface area contributed by atoms with Crippen LogP contribution in [0.5, 0.6) is 0 Å². The maximum absolute atomic E-state index is 14.5. The van der Waals surface area contributed by atoms with Gasteiger partial charge in [-0.25, -0.2) is 19.4 Å². The molecule has 0 unspecified atom stereocenters. The van der Waals surface area contributed by atoms with Crippen molar-refractivity contribution >= 4 is 74.9 Å². The van der Waals surface area contributed by atoms with E-state index in [1.807, 2.05) is 99.2 Å². The summed E-state index contributed by atoms with van der Waals surface area (Å²) in [5.41, 5.74) is 18.7. The van der Waals surface area contributed by atoms with Gasteiger partial charge in [0.05, 0.1) is 103 Å². The number of aliphatic hydroxyl groups is 2. The molecule has 3 aliphatic heterocycles. The lowest BCUT2D eigenvalue weighted by Crippen LogP contribution is -2.61. The molecular formula is C97H146N8O24. The van der Waals surface area contributed by atoms with Gasteiger partial charge in [0.25, 0.3) is 17.7 Å². The second-order valence-corrected chi connectivity index (χ2v) is 34.1. The number of aromatic nitrogens is 5. The van der Waals surface area contributed by atoms with E-state index in [9.17, 15) is 43.8 Å². The number of aliphatic hydroxyl groups excluding tert-OH is 1. The van der Waals surface area contributed by atoms with Crippen molar-refractivity contribution in [3.05, 3.63) is 108 Å². The number of benzene rings is 2. The van der Waals surface area contributed by atoms with Crippen molar-refractivity contribution in [2.75, 3.05) is 146 Å². The lowest BCUT2D eigenvalue weighted by Gasteiger charge is -2.42. The first-order valence-corrected chi connectivity index (χ1v) is 46.0. The zero-order valence-corrected chi connectivity index (χ0v) is 78.6. The van der Waals surface area contributed by atoms with E-state index in [2.05, 4.69) is 28.8 Å². The van der Waals surface area contributed by atoms with Gasteiger partial charge in [-0.1, -0.05) is 109 Å². The van der Waals surface area contributed by atoms with Gasteiger partial charge in [0.1, 0.15) is 65.4 Å². The van der Waals surface area contributed by atoms with E-state index in [1.54, 1.807) is 61.4 Å². The zero-order chi connectivity index (χ0) is 93.8. The summed E-state index contributed by atoms with van der Waals surface area (Å²) in [4.78, 5) is 110. The van der Waals surface area contributed by atoms with Crippen LogP contribution in [0.3, 0.4) is 0 Å². The number of cyclic esters (lactones) is 1. The smallest absolute Gasteiger partial charge is 0.329 e. The fraction of sp³-hybridized carbons (Fsp3) is 0.660. The van der Waals surface area contributed by atoms with Crippen LogP contribution < -0.4 is 11.5 Å². The van der Waals surface area contributed by atoms with E-state index >= 15 is 0 Å². The molecule has 1 saturated carbocycles. The molecule has 6 heterocycles. The average Bonchev–Trinajstić information content (AvgIpc) is 1.72. The molecule has 0 spiro atoms. The van der Waals surface area contributed by atoms with Gasteiger partial charge in [-0.2, -0.15) is 10.1 Å². The zero-order valence-electron chi connectivity index (χ0n) is 78.6. The predicted octanol–water partition coefficient (Wildman–Crippen LogP) is 12.4. The average molecular weight is 1810 g/mol. The van der Waals surface area contributed by atoms with Crippen LogP contribution in [0.15, 0.2) is 101 Å².